The lowest BCUT2D eigenvalue weighted by molar-refractivity contribution is -0.152. The van der Waals surface area contributed by atoms with E-state index in [1.165, 1.54) is 20.8 Å². The number of carbonyl (C=O) groups is 4. The van der Waals surface area contributed by atoms with Gasteiger partial charge in [-0.15, -0.1) is 0 Å². The number of carbonyl (C=O) groups excluding carboxylic acids is 3. The summed E-state index contributed by atoms with van der Waals surface area (Å²) in [6.45, 7) is 9.52. The zero-order valence-corrected chi connectivity index (χ0v) is 31.6. The van der Waals surface area contributed by atoms with Gasteiger partial charge in [-0.05, 0) is 47.1 Å². The van der Waals surface area contributed by atoms with Gasteiger partial charge in [0.2, 0.25) is 6.43 Å². The molecule has 2 aromatic carbocycles. The zero-order valence-electron chi connectivity index (χ0n) is 30.8. The highest BCUT2D eigenvalue weighted by molar-refractivity contribution is 7.91. The first-order valence-corrected chi connectivity index (χ1v) is 18.1. The van der Waals surface area contributed by atoms with Gasteiger partial charge < -0.3 is 29.0 Å². The number of hydrogen-bond acceptors (Lipinski definition) is 10. The molecule has 54 heavy (non-hydrogen) atoms. The molecule has 15 nitrogen and oxygen atoms in total. The molecule has 0 radical (unpaired) electrons. The van der Waals surface area contributed by atoms with Crippen molar-refractivity contribution in [1.82, 2.24) is 9.62 Å². The molecule has 3 amide bonds. The molecule has 298 valence electrons. The van der Waals surface area contributed by atoms with E-state index < -0.39 is 114 Å². The monoisotopic (exact) mass is 786 g/mol. The fourth-order valence-corrected chi connectivity index (χ4v) is 6.32. The number of carboxylic acid groups (broad SMARTS) is 1. The predicted molar refractivity (Wildman–Crippen MR) is 190 cm³/mol. The number of esters is 1. The van der Waals surface area contributed by atoms with Gasteiger partial charge in [0.05, 0.1) is 11.7 Å². The highest BCUT2D eigenvalue weighted by Gasteiger charge is 2.43. The van der Waals surface area contributed by atoms with E-state index in [1.54, 1.807) is 55.8 Å². The van der Waals surface area contributed by atoms with Gasteiger partial charge in [-0.3, -0.25) is 9.69 Å². The lowest BCUT2D eigenvalue weighted by atomic mass is 10.1. The summed E-state index contributed by atoms with van der Waals surface area (Å²) >= 11 is 0. The lowest BCUT2D eigenvalue weighted by Crippen LogP contribution is -2.48. The Morgan fingerprint density at radius 2 is 1.70 bits per heavy atom. The molecule has 0 bridgehead atoms. The van der Waals surface area contributed by atoms with E-state index >= 15 is 4.39 Å². The third kappa shape index (κ3) is 12.2. The quantitative estimate of drug-likeness (QED) is 0.123. The number of halogens is 3. The van der Waals surface area contributed by atoms with E-state index in [0.717, 1.165) is 17.0 Å². The minimum absolute atomic E-state index is 0.195. The SMILES string of the molecule is C=CCOC(=O)NS(=O)(=O)N(CC(=O)OC(C)(C)C)c1c(OCc2ccccc2)cc2c(c1F)C[C@H](CN(CCC(F)F)C(=O)OC(C)(C)C)N2C(=O)O. The fraction of sp³-hybridized carbons (Fsp3) is 0.486. The van der Waals surface area contributed by atoms with Crippen LogP contribution in [0.25, 0.3) is 0 Å². The van der Waals surface area contributed by atoms with Crippen molar-refractivity contribution in [3.8, 4) is 5.75 Å². The summed E-state index contributed by atoms with van der Waals surface area (Å²) in [5, 5.41) is 10.4. The van der Waals surface area contributed by atoms with Crippen LogP contribution in [0.15, 0.2) is 49.1 Å². The molecule has 0 unspecified atom stereocenters. The average molecular weight is 787 g/mol. The van der Waals surface area contributed by atoms with Gasteiger partial charge in [-0.1, -0.05) is 43.0 Å². The Kier molecular flexibility index (Phi) is 14.2. The summed E-state index contributed by atoms with van der Waals surface area (Å²) in [5.74, 6) is -3.11. The second kappa shape index (κ2) is 17.7. The Balaban J connectivity index is 2.24. The first kappa shape index (κ1) is 43.2. The number of alkyl halides is 2. The molecule has 0 saturated carbocycles. The zero-order chi connectivity index (χ0) is 40.6. The van der Waals surface area contributed by atoms with Crippen molar-refractivity contribution in [3.05, 3.63) is 66.0 Å². The maximum atomic E-state index is 17.1. The van der Waals surface area contributed by atoms with Crippen molar-refractivity contribution in [2.24, 2.45) is 0 Å². The van der Waals surface area contributed by atoms with E-state index in [9.17, 15) is 41.5 Å². The Hall–Kier alpha value is -5.20. The first-order chi connectivity index (χ1) is 25.0. The number of ether oxygens (including phenoxy) is 4. The van der Waals surface area contributed by atoms with Crippen LogP contribution >= 0.6 is 0 Å². The summed E-state index contributed by atoms with van der Waals surface area (Å²) in [6.07, 6.45) is -7.09. The summed E-state index contributed by atoms with van der Waals surface area (Å²) in [4.78, 5) is 53.0. The van der Waals surface area contributed by atoms with Crippen LogP contribution in [0.2, 0.25) is 0 Å². The summed E-state index contributed by atoms with van der Waals surface area (Å²) < 4.78 is 94.5. The molecular formula is C35H45F3N4O11S. The number of benzene rings is 2. The third-order valence-corrected chi connectivity index (χ3v) is 8.58. The molecule has 3 rings (SSSR count). The molecule has 0 aliphatic carbocycles. The third-order valence-electron chi connectivity index (χ3n) is 7.27. The molecule has 0 saturated heterocycles. The average Bonchev–Trinajstić information content (AvgIpc) is 3.41. The highest BCUT2D eigenvalue weighted by atomic mass is 32.2. The van der Waals surface area contributed by atoms with Crippen LogP contribution in [0, 0.1) is 5.82 Å². The molecule has 2 N–H and O–H groups in total. The minimum atomic E-state index is -5.22. The standard InChI is InChI=1S/C35H45F3N4O11S/c1-8-16-50-31(44)39-54(48,49)41(20-28(43)52-34(2,3)4)30-26(51-21-22-12-10-9-11-13-22)18-25-24(29(30)38)17-23(42(25)32(45)46)19-40(15-14-27(36)37)33(47)53-35(5,6)7/h8-13,18,23,27H,1,14-17,19-21H2,2-7H3,(H,39,44)(H,45,46)/t23-/m1/s1. The van der Waals surface area contributed by atoms with Crippen LogP contribution in [0.1, 0.15) is 59.1 Å². The Morgan fingerprint density at radius 3 is 2.26 bits per heavy atom. The van der Waals surface area contributed by atoms with E-state index in [1.807, 2.05) is 0 Å². The largest absolute Gasteiger partial charge is 0.487 e. The van der Waals surface area contributed by atoms with Gasteiger partial charge in [-0.2, -0.15) is 8.42 Å². The first-order valence-electron chi connectivity index (χ1n) is 16.6. The van der Waals surface area contributed by atoms with Crippen molar-refractivity contribution in [2.75, 3.05) is 35.4 Å². The van der Waals surface area contributed by atoms with Gasteiger partial charge in [0.1, 0.15) is 42.4 Å². The second-order valence-corrected chi connectivity index (χ2v) is 15.6. The normalized spacial score (nSPS) is 14.2. The Labute approximate surface area is 311 Å². The van der Waals surface area contributed by atoms with Crippen LogP contribution in [0.5, 0.6) is 5.75 Å². The van der Waals surface area contributed by atoms with E-state index in [-0.39, 0.29) is 22.2 Å². The minimum Gasteiger partial charge on any atom is -0.487 e. The molecule has 0 fully saturated rings. The topological polar surface area (TPSA) is 181 Å². The van der Waals surface area contributed by atoms with Gasteiger partial charge in [0, 0.05) is 37.6 Å². The van der Waals surface area contributed by atoms with Crippen molar-refractivity contribution < 1.29 is 64.8 Å². The van der Waals surface area contributed by atoms with Crippen LogP contribution in [0.4, 0.5) is 38.9 Å². The van der Waals surface area contributed by atoms with Crippen molar-refractivity contribution in [1.29, 1.82) is 0 Å². The Bertz CT molecular complexity index is 1800. The molecule has 2 aromatic rings. The van der Waals surface area contributed by atoms with Crippen LogP contribution < -0.4 is 18.7 Å². The number of nitrogens with one attached hydrogen (secondary N) is 1. The number of amides is 3. The smallest absolute Gasteiger partial charge is 0.422 e. The number of anilines is 2. The number of rotatable bonds is 15. The molecule has 19 heteroatoms. The maximum Gasteiger partial charge on any atom is 0.422 e. The van der Waals surface area contributed by atoms with Gasteiger partial charge >= 0.3 is 34.5 Å². The van der Waals surface area contributed by atoms with E-state index in [0.29, 0.717) is 10.5 Å². The summed E-state index contributed by atoms with van der Waals surface area (Å²) in [6, 6.07) is 8.07. The van der Waals surface area contributed by atoms with E-state index in [4.69, 9.17) is 18.9 Å². The summed E-state index contributed by atoms with van der Waals surface area (Å²) in [7, 11) is -5.22. The van der Waals surface area contributed by atoms with Crippen molar-refractivity contribution >= 4 is 45.8 Å². The van der Waals surface area contributed by atoms with Gasteiger partial charge in [0.25, 0.3) is 0 Å². The van der Waals surface area contributed by atoms with Crippen molar-refractivity contribution in [3.63, 3.8) is 0 Å². The molecule has 0 aromatic heterocycles. The highest BCUT2D eigenvalue weighted by Crippen LogP contribution is 2.45. The summed E-state index contributed by atoms with van der Waals surface area (Å²) in [5.41, 5.74) is -3.26. The lowest BCUT2D eigenvalue weighted by Gasteiger charge is -2.31. The Morgan fingerprint density at radius 1 is 1.07 bits per heavy atom. The fourth-order valence-electron chi connectivity index (χ4n) is 5.25. The number of fused-ring (bicyclic) bond motifs is 1. The molecular weight excluding hydrogens is 741 g/mol. The number of nitrogens with zero attached hydrogens (tertiary/aromatic N) is 3. The van der Waals surface area contributed by atoms with Crippen LogP contribution in [-0.2, 0) is 42.2 Å². The van der Waals surface area contributed by atoms with Crippen molar-refractivity contribution in [2.45, 2.75) is 84.7 Å². The van der Waals surface area contributed by atoms with E-state index in [2.05, 4.69) is 6.58 Å². The molecule has 1 heterocycles. The van der Waals surface area contributed by atoms with Gasteiger partial charge in [-0.25, -0.2) is 36.6 Å². The maximum absolute atomic E-state index is 17.1. The second-order valence-electron chi connectivity index (χ2n) is 14.0. The molecule has 0 spiro atoms. The molecule has 1 aliphatic rings. The molecule has 1 aliphatic heterocycles. The predicted octanol–water partition coefficient (Wildman–Crippen LogP) is 6.01. The molecule has 1 atom stereocenters. The van der Waals surface area contributed by atoms with Gasteiger partial charge in [0.15, 0.2) is 5.82 Å². The number of hydrogen-bond donors (Lipinski definition) is 2. The van der Waals surface area contributed by atoms with Crippen LogP contribution in [0.3, 0.4) is 0 Å². The van der Waals surface area contributed by atoms with Crippen LogP contribution in [-0.4, -0.2) is 92.6 Å².